The van der Waals surface area contributed by atoms with Crippen LogP contribution in [0.4, 0.5) is 21.8 Å². The monoisotopic (exact) mass is 529 g/mol. The number of nitrogens with zero attached hydrogens (tertiary/aromatic N) is 3. The summed E-state index contributed by atoms with van der Waals surface area (Å²) >= 11 is 5.81. The number of methoxy groups -OCH3 is 3. The summed E-state index contributed by atoms with van der Waals surface area (Å²) in [4.78, 5) is 23.9. The Hall–Kier alpha value is -3.79. The number of hydrogen-bond donors (Lipinski definition) is 2. The van der Waals surface area contributed by atoms with Crippen LogP contribution < -0.4 is 29.7 Å². The molecule has 2 aromatic carbocycles. The highest BCUT2D eigenvalue weighted by Crippen LogP contribution is 2.40. The van der Waals surface area contributed by atoms with Crippen molar-refractivity contribution in [3.05, 3.63) is 59.0 Å². The molecule has 2 N–H and O–H groups in total. The summed E-state index contributed by atoms with van der Waals surface area (Å²) < 4.78 is 30.3. The lowest BCUT2D eigenvalue weighted by Crippen LogP contribution is -2.43. The average Bonchev–Trinajstić information content (AvgIpc) is 2.92. The molecule has 1 unspecified atom stereocenters. The van der Waals surface area contributed by atoms with Gasteiger partial charge in [0.05, 0.1) is 27.2 Å². The first kappa shape index (κ1) is 26.3. The number of piperidine rings is 1. The minimum Gasteiger partial charge on any atom is -0.493 e. The second-order valence-electron chi connectivity index (χ2n) is 8.52. The summed E-state index contributed by atoms with van der Waals surface area (Å²) in [7, 11) is 4.64. The Labute approximate surface area is 219 Å². The summed E-state index contributed by atoms with van der Waals surface area (Å²) in [6.45, 7) is 1.36. The van der Waals surface area contributed by atoms with Crippen molar-refractivity contribution in [1.82, 2.24) is 15.3 Å². The van der Waals surface area contributed by atoms with E-state index in [1.807, 2.05) is 6.07 Å². The van der Waals surface area contributed by atoms with Crippen LogP contribution in [0, 0.1) is 11.7 Å². The summed E-state index contributed by atoms with van der Waals surface area (Å²) in [5.74, 6) is 1.78. The molecule has 1 aliphatic heterocycles. The standard InChI is InChI=1S/C26H29ClFN5O4/c1-35-21-12-19(13-22(36-2)24(21)37-3)31-26-29-9-8-23(32-26)33-10-4-5-17(15-33)25(34)30-14-16-6-7-18(27)11-20(16)28/h6-9,11-13,17H,4-5,10,14-15H2,1-3H3,(H,30,34)(H,29,31,32). The first-order chi connectivity index (χ1) is 17.9. The fraction of sp³-hybridized carbons (Fsp3) is 0.346. The van der Waals surface area contributed by atoms with Gasteiger partial charge in [0, 0.05) is 54.2 Å². The maximum absolute atomic E-state index is 14.1. The average molecular weight is 530 g/mol. The van der Waals surface area contributed by atoms with E-state index in [0.29, 0.717) is 51.8 Å². The highest BCUT2D eigenvalue weighted by Gasteiger charge is 2.27. The zero-order chi connectivity index (χ0) is 26.4. The van der Waals surface area contributed by atoms with Crippen LogP contribution in [0.15, 0.2) is 42.6 Å². The number of rotatable bonds is 9. The number of anilines is 3. The zero-order valence-corrected chi connectivity index (χ0v) is 21.6. The van der Waals surface area contributed by atoms with Crippen molar-refractivity contribution in [3.8, 4) is 17.2 Å². The summed E-state index contributed by atoms with van der Waals surface area (Å²) in [6, 6.07) is 9.76. The Morgan fingerprint density at radius 3 is 2.57 bits per heavy atom. The number of benzene rings is 2. The lowest BCUT2D eigenvalue weighted by Gasteiger charge is -2.33. The van der Waals surface area contributed by atoms with Crippen molar-refractivity contribution < 1.29 is 23.4 Å². The first-order valence-corrected chi connectivity index (χ1v) is 12.2. The van der Waals surface area contributed by atoms with Gasteiger partial charge < -0.3 is 29.7 Å². The van der Waals surface area contributed by atoms with Crippen molar-refractivity contribution in [2.45, 2.75) is 19.4 Å². The number of nitrogens with one attached hydrogen (secondary N) is 2. The number of aromatic nitrogens is 2. The molecule has 0 saturated carbocycles. The Kier molecular flexibility index (Phi) is 8.50. The number of carbonyl (C=O) groups is 1. The molecular weight excluding hydrogens is 501 g/mol. The van der Waals surface area contributed by atoms with E-state index in [9.17, 15) is 9.18 Å². The third kappa shape index (κ3) is 6.32. The topological polar surface area (TPSA) is 97.8 Å². The number of carbonyl (C=O) groups excluding carboxylic acids is 1. The van der Waals surface area contributed by atoms with E-state index in [1.54, 1.807) is 51.8 Å². The molecule has 1 fully saturated rings. The molecule has 11 heteroatoms. The lowest BCUT2D eigenvalue weighted by molar-refractivity contribution is -0.125. The van der Waals surface area contributed by atoms with Gasteiger partial charge in [-0.15, -0.1) is 0 Å². The van der Waals surface area contributed by atoms with Crippen molar-refractivity contribution in [2.75, 3.05) is 44.6 Å². The molecule has 1 atom stereocenters. The molecule has 1 aliphatic rings. The molecule has 0 spiro atoms. The van der Waals surface area contributed by atoms with Crippen LogP contribution in [0.1, 0.15) is 18.4 Å². The van der Waals surface area contributed by atoms with E-state index in [2.05, 4.69) is 25.5 Å². The van der Waals surface area contributed by atoms with Crippen LogP contribution in [0.2, 0.25) is 5.02 Å². The smallest absolute Gasteiger partial charge is 0.229 e. The maximum atomic E-state index is 14.1. The molecular formula is C26H29ClFN5O4. The predicted octanol–water partition coefficient (Wildman–Crippen LogP) is 4.57. The predicted molar refractivity (Wildman–Crippen MR) is 140 cm³/mol. The van der Waals surface area contributed by atoms with Gasteiger partial charge in [0.1, 0.15) is 11.6 Å². The molecule has 0 aliphatic carbocycles. The Morgan fingerprint density at radius 2 is 1.89 bits per heavy atom. The van der Waals surface area contributed by atoms with E-state index in [0.717, 1.165) is 19.4 Å². The number of ether oxygens (including phenoxy) is 3. The highest BCUT2D eigenvalue weighted by atomic mass is 35.5. The van der Waals surface area contributed by atoms with E-state index in [1.165, 1.54) is 6.07 Å². The SMILES string of the molecule is COc1cc(Nc2nccc(N3CCCC(C(=O)NCc4ccc(Cl)cc4F)C3)n2)cc(OC)c1OC. The van der Waals surface area contributed by atoms with Crippen molar-refractivity contribution in [1.29, 1.82) is 0 Å². The van der Waals surface area contributed by atoms with E-state index >= 15 is 0 Å². The van der Waals surface area contributed by atoms with Crippen LogP contribution >= 0.6 is 11.6 Å². The minimum atomic E-state index is -0.439. The fourth-order valence-corrected chi connectivity index (χ4v) is 4.42. The van der Waals surface area contributed by atoms with E-state index < -0.39 is 5.82 Å². The quantitative estimate of drug-likeness (QED) is 0.416. The van der Waals surface area contributed by atoms with Crippen LogP contribution in [0.5, 0.6) is 17.2 Å². The van der Waals surface area contributed by atoms with Crippen LogP contribution in [-0.2, 0) is 11.3 Å². The number of halogens is 2. The van der Waals surface area contributed by atoms with Gasteiger partial charge in [-0.1, -0.05) is 17.7 Å². The summed E-state index contributed by atoms with van der Waals surface area (Å²) in [6.07, 6.45) is 3.23. The molecule has 0 bridgehead atoms. The lowest BCUT2D eigenvalue weighted by atomic mass is 9.97. The van der Waals surface area contributed by atoms with Crippen molar-refractivity contribution in [3.63, 3.8) is 0 Å². The Morgan fingerprint density at radius 1 is 1.14 bits per heavy atom. The second kappa shape index (κ2) is 12.0. The van der Waals surface area contributed by atoms with Gasteiger partial charge in [0.15, 0.2) is 11.5 Å². The number of hydrogen-bond acceptors (Lipinski definition) is 8. The van der Waals surface area contributed by atoms with Gasteiger partial charge in [-0.2, -0.15) is 4.98 Å². The molecule has 37 heavy (non-hydrogen) atoms. The van der Waals surface area contributed by atoms with Gasteiger partial charge in [-0.25, -0.2) is 9.37 Å². The van der Waals surface area contributed by atoms with Gasteiger partial charge in [0.25, 0.3) is 0 Å². The molecule has 1 aromatic heterocycles. The molecule has 4 rings (SSSR count). The minimum absolute atomic E-state index is 0.106. The molecule has 0 radical (unpaired) electrons. The summed E-state index contributed by atoms with van der Waals surface area (Å²) in [5, 5.41) is 6.34. The molecule has 3 aromatic rings. The largest absolute Gasteiger partial charge is 0.493 e. The van der Waals surface area contributed by atoms with Crippen molar-refractivity contribution >= 4 is 35.0 Å². The van der Waals surface area contributed by atoms with Crippen LogP contribution in [0.3, 0.4) is 0 Å². The van der Waals surface area contributed by atoms with Crippen molar-refractivity contribution in [2.24, 2.45) is 5.92 Å². The third-order valence-corrected chi connectivity index (χ3v) is 6.38. The van der Waals surface area contributed by atoms with Gasteiger partial charge in [0.2, 0.25) is 17.6 Å². The highest BCUT2D eigenvalue weighted by molar-refractivity contribution is 6.30. The fourth-order valence-electron chi connectivity index (χ4n) is 4.26. The van der Waals surface area contributed by atoms with Gasteiger partial charge in [-0.3, -0.25) is 4.79 Å². The summed E-state index contributed by atoms with van der Waals surface area (Å²) in [5.41, 5.74) is 1.06. The van der Waals surface area contributed by atoms with E-state index in [4.69, 9.17) is 25.8 Å². The third-order valence-electron chi connectivity index (χ3n) is 6.15. The molecule has 1 amide bonds. The molecule has 9 nitrogen and oxygen atoms in total. The van der Waals surface area contributed by atoms with Crippen LogP contribution in [0.25, 0.3) is 0 Å². The van der Waals surface area contributed by atoms with Gasteiger partial charge in [-0.05, 0) is 31.0 Å². The van der Waals surface area contributed by atoms with E-state index in [-0.39, 0.29) is 18.4 Å². The van der Waals surface area contributed by atoms with Crippen LogP contribution in [-0.4, -0.2) is 50.3 Å². The zero-order valence-electron chi connectivity index (χ0n) is 20.9. The maximum Gasteiger partial charge on any atom is 0.229 e. The second-order valence-corrected chi connectivity index (χ2v) is 8.95. The Balaban J connectivity index is 1.43. The number of amides is 1. The normalized spacial score (nSPS) is 15.2. The molecule has 2 heterocycles. The molecule has 196 valence electrons. The molecule has 1 saturated heterocycles. The first-order valence-electron chi connectivity index (χ1n) is 11.8. The Bertz CT molecular complexity index is 1240. The van der Waals surface area contributed by atoms with Gasteiger partial charge >= 0.3 is 0 Å².